The Labute approximate surface area is 202 Å². The molecule has 4 rings (SSSR count). The van der Waals surface area contributed by atoms with Gasteiger partial charge in [-0.25, -0.2) is 17.5 Å². The molecule has 0 atom stereocenters. The number of anilines is 1. The number of hydrogen-bond donors (Lipinski definition) is 1. The molecule has 2 aliphatic rings. The van der Waals surface area contributed by atoms with Crippen molar-refractivity contribution >= 4 is 44.8 Å². The van der Waals surface area contributed by atoms with Crippen molar-refractivity contribution in [2.45, 2.75) is 24.6 Å². The number of nitrogens with zero attached hydrogens (tertiary/aromatic N) is 2. The van der Waals surface area contributed by atoms with Crippen LogP contribution in [0.2, 0.25) is 10.0 Å². The van der Waals surface area contributed by atoms with Gasteiger partial charge in [0, 0.05) is 49.5 Å². The standard InChI is InChI=1S/C22H24Cl2FN3O4S/c1-32-21-11-15(2-5-18(21)23)28-8-6-27(7-9-28)13-14-10-20(25)17(12-19(14)24)22(29)26-33(30,31)16-3-4-16/h2,5,10-12,16H,3-4,6-9,13H2,1H3,(H,26,29). The van der Waals surface area contributed by atoms with E-state index < -0.39 is 27.0 Å². The SMILES string of the molecule is COc1cc(N2CCN(Cc3cc(F)c(C(=O)NS(=O)(=O)C4CC4)cc3Cl)CC2)ccc1Cl. The van der Waals surface area contributed by atoms with Gasteiger partial charge in [-0.15, -0.1) is 0 Å². The number of rotatable bonds is 7. The highest BCUT2D eigenvalue weighted by atomic mass is 35.5. The number of methoxy groups -OCH3 is 1. The van der Waals surface area contributed by atoms with Crippen molar-refractivity contribution in [1.82, 2.24) is 9.62 Å². The minimum atomic E-state index is -3.77. The molecule has 2 fully saturated rings. The summed E-state index contributed by atoms with van der Waals surface area (Å²) in [6.07, 6.45) is 1.01. The highest BCUT2D eigenvalue weighted by Gasteiger charge is 2.37. The van der Waals surface area contributed by atoms with Gasteiger partial charge in [0.2, 0.25) is 10.0 Å². The molecule has 2 aromatic carbocycles. The second-order valence-corrected chi connectivity index (χ2v) is 11.0. The van der Waals surface area contributed by atoms with Crippen molar-refractivity contribution in [2.75, 3.05) is 38.2 Å². The lowest BCUT2D eigenvalue weighted by Crippen LogP contribution is -2.46. The summed E-state index contributed by atoms with van der Waals surface area (Å²) in [7, 11) is -2.19. The predicted octanol–water partition coefficient (Wildman–Crippen LogP) is 3.69. The van der Waals surface area contributed by atoms with E-state index in [-0.39, 0.29) is 10.6 Å². The van der Waals surface area contributed by atoms with Gasteiger partial charge < -0.3 is 9.64 Å². The van der Waals surface area contributed by atoms with E-state index in [4.69, 9.17) is 27.9 Å². The van der Waals surface area contributed by atoms with E-state index in [9.17, 15) is 17.6 Å². The lowest BCUT2D eigenvalue weighted by molar-refractivity contribution is 0.0977. The molecular formula is C22H24Cl2FN3O4S. The van der Waals surface area contributed by atoms with Crippen LogP contribution < -0.4 is 14.4 Å². The van der Waals surface area contributed by atoms with Gasteiger partial charge in [0.05, 0.1) is 22.9 Å². The van der Waals surface area contributed by atoms with Gasteiger partial charge in [0.25, 0.3) is 5.91 Å². The van der Waals surface area contributed by atoms with Crippen molar-refractivity contribution in [3.63, 3.8) is 0 Å². The molecule has 7 nitrogen and oxygen atoms in total. The Kier molecular flexibility index (Phi) is 7.04. The summed E-state index contributed by atoms with van der Waals surface area (Å²) < 4.78 is 45.8. The smallest absolute Gasteiger partial charge is 0.267 e. The van der Waals surface area contributed by atoms with Crippen molar-refractivity contribution in [1.29, 1.82) is 0 Å². The first kappa shape index (κ1) is 24.1. The van der Waals surface area contributed by atoms with Crippen LogP contribution in [0.15, 0.2) is 30.3 Å². The topological polar surface area (TPSA) is 79.0 Å². The molecule has 1 saturated heterocycles. The van der Waals surface area contributed by atoms with E-state index in [1.54, 1.807) is 13.2 Å². The van der Waals surface area contributed by atoms with E-state index >= 15 is 0 Å². The first-order chi connectivity index (χ1) is 15.7. The first-order valence-electron chi connectivity index (χ1n) is 10.5. The summed E-state index contributed by atoms with van der Waals surface area (Å²) in [6, 6.07) is 8.05. The zero-order chi connectivity index (χ0) is 23.8. The predicted molar refractivity (Wildman–Crippen MR) is 126 cm³/mol. The molecule has 0 unspecified atom stereocenters. The summed E-state index contributed by atoms with van der Waals surface area (Å²) in [6.45, 7) is 3.38. The fourth-order valence-corrected chi connectivity index (χ4v) is 5.49. The van der Waals surface area contributed by atoms with Crippen LogP contribution in [0, 0.1) is 5.82 Å². The van der Waals surface area contributed by atoms with E-state index in [1.165, 1.54) is 12.1 Å². The molecule has 0 aromatic heterocycles. The van der Waals surface area contributed by atoms with Crippen molar-refractivity contribution < 1.29 is 22.3 Å². The van der Waals surface area contributed by atoms with Gasteiger partial charge in [-0.05, 0) is 42.7 Å². The van der Waals surface area contributed by atoms with Crippen LogP contribution in [0.1, 0.15) is 28.8 Å². The minimum absolute atomic E-state index is 0.218. The van der Waals surface area contributed by atoms with Crippen molar-refractivity contribution in [3.05, 3.63) is 57.3 Å². The summed E-state index contributed by atoms with van der Waals surface area (Å²) in [4.78, 5) is 16.6. The molecule has 1 amide bonds. The fourth-order valence-electron chi connectivity index (χ4n) is 3.78. The van der Waals surface area contributed by atoms with Gasteiger partial charge >= 0.3 is 0 Å². The zero-order valence-corrected chi connectivity index (χ0v) is 20.3. The molecule has 1 aliphatic heterocycles. The number of ether oxygens (including phenoxy) is 1. The van der Waals surface area contributed by atoms with Gasteiger partial charge in [0.15, 0.2) is 0 Å². The Morgan fingerprint density at radius 1 is 1.12 bits per heavy atom. The number of halogens is 3. The van der Waals surface area contributed by atoms with Crippen LogP contribution in [-0.4, -0.2) is 57.8 Å². The fraction of sp³-hybridized carbons (Fsp3) is 0.409. The lowest BCUT2D eigenvalue weighted by atomic mass is 10.1. The number of nitrogens with one attached hydrogen (secondary N) is 1. The Morgan fingerprint density at radius 3 is 2.45 bits per heavy atom. The number of carbonyl (C=O) groups is 1. The highest BCUT2D eigenvalue weighted by Crippen LogP contribution is 2.31. The average molecular weight is 516 g/mol. The minimum Gasteiger partial charge on any atom is -0.495 e. The van der Waals surface area contributed by atoms with E-state index in [0.717, 1.165) is 31.9 Å². The maximum Gasteiger partial charge on any atom is 0.267 e. The van der Waals surface area contributed by atoms with Crippen molar-refractivity contribution in [3.8, 4) is 5.75 Å². The molecule has 0 radical (unpaired) electrons. The normalized spacial score (nSPS) is 17.2. The second kappa shape index (κ2) is 9.66. The molecular weight excluding hydrogens is 492 g/mol. The molecule has 1 aliphatic carbocycles. The maximum atomic E-state index is 14.7. The molecule has 2 aromatic rings. The molecule has 178 valence electrons. The van der Waals surface area contributed by atoms with E-state index in [1.807, 2.05) is 16.9 Å². The van der Waals surface area contributed by atoms with Gasteiger partial charge in [0.1, 0.15) is 11.6 Å². The largest absolute Gasteiger partial charge is 0.495 e. The Balaban J connectivity index is 1.39. The lowest BCUT2D eigenvalue weighted by Gasteiger charge is -2.36. The number of hydrogen-bond acceptors (Lipinski definition) is 6. The van der Waals surface area contributed by atoms with Crippen LogP contribution in [0.3, 0.4) is 0 Å². The Morgan fingerprint density at radius 2 is 1.82 bits per heavy atom. The molecule has 1 N–H and O–H groups in total. The van der Waals surface area contributed by atoms with Crippen LogP contribution in [0.4, 0.5) is 10.1 Å². The first-order valence-corrected chi connectivity index (χ1v) is 12.8. The molecule has 11 heteroatoms. The monoisotopic (exact) mass is 515 g/mol. The van der Waals surface area contributed by atoms with Crippen LogP contribution in [0.25, 0.3) is 0 Å². The molecule has 33 heavy (non-hydrogen) atoms. The number of amides is 1. The van der Waals surface area contributed by atoms with Gasteiger partial charge in [-0.2, -0.15) is 0 Å². The number of sulfonamides is 1. The average Bonchev–Trinajstić information content (AvgIpc) is 3.63. The maximum absolute atomic E-state index is 14.7. The third kappa shape index (κ3) is 5.54. The van der Waals surface area contributed by atoms with E-state index in [0.29, 0.717) is 35.7 Å². The number of carbonyl (C=O) groups excluding carboxylic acids is 1. The summed E-state index contributed by atoms with van der Waals surface area (Å²) >= 11 is 12.4. The third-order valence-electron chi connectivity index (χ3n) is 5.84. The molecule has 1 heterocycles. The number of piperazine rings is 1. The summed E-state index contributed by atoms with van der Waals surface area (Å²) in [5.41, 5.74) is 1.17. The molecule has 0 spiro atoms. The van der Waals surface area contributed by atoms with Gasteiger partial charge in [-0.3, -0.25) is 9.69 Å². The highest BCUT2D eigenvalue weighted by molar-refractivity contribution is 7.91. The third-order valence-corrected chi connectivity index (χ3v) is 8.33. The Bertz CT molecular complexity index is 1170. The van der Waals surface area contributed by atoms with Gasteiger partial charge in [-0.1, -0.05) is 23.2 Å². The second-order valence-electron chi connectivity index (χ2n) is 8.18. The van der Waals surface area contributed by atoms with Crippen LogP contribution in [0.5, 0.6) is 5.75 Å². The number of benzene rings is 2. The summed E-state index contributed by atoms with van der Waals surface area (Å²) in [5, 5.41) is 0.195. The van der Waals surface area contributed by atoms with Crippen LogP contribution >= 0.6 is 23.2 Å². The zero-order valence-electron chi connectivity index (χ0n) is 18.0. The quantitative estimate of drug-likeness (QED) is 0.605. The van der Waals surface area contributed by atoms with Crippen molar-refractivity contribution in [2.24, 2.45) is 0 Å². The summed E-state index contributed by atoms with van der Waals surface area (Å²) in [5.74, 6) is -1.18. The van der Waals surface area contributed by atoms with Crippen LogP contribution in [-0.2, 0) is 16.6 Å². The van der Waals surface area contributed by atoms with E-state index in [2.05, 4.69) is 9.80 Å². The molecule has 0 bridgehead atoms. The Hall–Kier alpha value is -2.07. The molecule has 1 saturated carbocycles.